The summed E-state index contributed by atoms with van der Waals surface area (Å²) in [6, 6.07) is 1.51. The van der Waals surface area contributed by atoms with Gasteiger partial charge < -0.3 is 19.3 Å². The van der Waals surface area contributed by atoms with Crippen LogP contribution in [-0.2, 0) is 9.59 Å². The Morgan fingerprint density at radius 3 is 2.89 bits per heavy atom. The monoisotopic (exact) mass is 252 g/mol. The molecule has 7 heteroatoms. The molecule has 18 heavy (non-hydrogen) atoms. The van der Waals surface area contributed by atoms with Gasteiger partial charge in [0.1, 0.15) is 12.3 Å². The molecule has 1 rings (SSSR count). The summed E-state index contributed by atoms with van der Waals surface area (Å²) in [6.07, 6.45) is 5.05. The van der Waals surface area contributed by atoms with E-state index in [0.29, 0.717) is 5.76 Å². The van der Waals surface area contributed by atoms with Crippen molar-refractivity contribution in [1.29, 1.82) is 0 Å². The largest absolute Gasteiger partial charge is 0.480 e. The zero-order valence-electron chi connectivity index (χ0n) is 9.75. The number of aryl methyl sites for hydroxylation is 1. The molecular weight excluding hydrogens is 240 g/mol. The van der Waals surface area contributed by atoms with Crippen molar-refractivity contribution in [1.82, 2.24) is 10.1 Å². The summed E-state index contributed by atoms with van der Waals surface area (Å²) in [5, 5.41) is 12.1. The number of carboxylic acids is 1. The second-order valence-electron chi connectivity index (χ2n) is 3.41. The van der Waals surface area contributed by atoms with Crippen LogP contribution in [0.4, 0.5) is 0 Å². The molecule has 96 valence electrons. The third kappa shape index (κ3) is 4.17. The van der Waals surface area contributed by atoms with Crippen molar-refractivity contribution in [3.63, 3.8) is 0 Å². The standard InChI is InChI=1S/C11H12N2O5/c1-3-4-13(6-11(15)16)10(14)7-17-9-5-8(2)18-12-9/h1,5H,4,6-7H2,2H3,(H,15,16). The Kier molecular flexibility index (Phi) is 4.75. The molecule has 0 aliphatic rings. The van der Waals surface area contributed by atoms with E-state index in [1.165, 1.54) is 6.07 Å². The lowest BCUT2D eigenvalue weighted by Gasteiger charge is -2.17. The molecule has 0 fully saturated rings. The van der Waals surface area contributed by atoms with Gasteiger partial charge in [0.2, 0.25) is 0 Å². The van der Waals surface area contributed by atoms with Crippen molar-refractivity contribution in [3.05, 3.63) is 11.8 Å². The lowest BCUT2D eigenvalue weighted by molar-refractivity contribution is -0.144. The van der Waals surface area contributed by atoms with Gasteiger partial charge in [0.25, 0.3) is 11.8 Å². The number of carboxylic acid groups (broad SMARTS) is 1. The van der Waals surface area contributed by atoms with E-state index in [4.69, 9.17) is 20.8 Å². The summed E-state index contributed by atoms with van der Waals surface area (Å²) in [6.45, 7) is 0.772. The first kappa shape index (κ1) is 13.6. The van der Waals surface area contributed by atoms with Gasteiger partial charge in [0.15, 0.2) is 6.61 Å². The minimum Gasteiger partial charge on any atom is -0.480 e. The molecule has 0 saturated heterocycles. The maximum Gasteiger partial charge on any atom is 0.323 e. The normalized spacial score (nSPS) is 9.56. The predicted octanol–water partition coefficient (Wildman–Crippen LogP) is -0.0918. The Morgan fingerprint density at radius 1 is 1.67 bits per heavy atom. The Bertz CT molecular complexity index is 474. The Balaban J connectivity index is 2.51. The van der Waals surface area contributed by atoms with Gasteiger partial charge in [-0.1, -0.05) is 5.92 Å². The van der Waals surface area contributed by atoms with Gasteiger partial charge in [-0.05, 0) is 12.1 Å². The van der Waals surface area contributed by atoms with Crippen molar-refractivity contribution in [2.75, 3.05) is 19.7 Å². The van der Waals surface area contributed by atoms with E-state index < -0.39 is 18.4 Å². The molecular formula is C11H12N2O5. The summed E-state index contributed by atoms with van der Waals surface area (Å²) < 4.78 is 9.78. The first-order valence-electron chi connectivity index (χ1n) is 5.02. The first-order chi connectivity index (χ1) is 8.52. The van der Waals surface area contributed by atoms with Crippen LogP contribution in [0.1, 0.15) is 5.76 Å². The highest BCUT2D eigenvalue weighted by Crippen LogP contribution is 2.09. The third-order valence-corrected chi connectivity index (χ3v) is 1.91. The minimum atomic E-state index is -1.14. The lowest BCUT2D eigenvalue weighted by Crippen LogP contribution is -2.39. The number of ether oxygens (including phenoxy) is 1. The molecule has 1 amide bonds. The molecule has 1 aromatic rings. The van der Waals surface area contributed by atoms with Crippen LogP contribution in [0.2, 0.25) is 0 Å². The van der Waals surface area contributed by atoms with Crippen LogP contribution >= 0.6 is 0 Å². The van der Waals surface area contributed by atoms with E-state index in [9.17, 15) is 9.59 Å². The second kappa shape index (κ2) is 6.30. The van der Waals surface area contributed by atoms with Crippen molar-refractivity contribution >= 4 is 11.9 Å². The fraction of sp³-hybridized carbons (Fsp3) is 0.364. The average molecular weight is 252 g/mol. The number of carbonyl (C=O) groups excluding carboxylic acids is 1. The first-order valence-corrected chi connectivity index (χ1v) is 5.02. The summed E-state index contributed by atoms with van der Waals surface area (Å²) in [7, 11) is 0. The van der Waals surface area contributed by atoms with Crippen LogP contribution in [0.5, 0.6) is 5.88 Å². The molecule has 0 unspecified atom stereocenters. The van der Waals surface area contributed by atoms with Crippen LogP contribution in [0, 0.1) is 19.3 Å². The molecule has 0 spiro atoms. The Morgan fingerprint density at radius 2 is 2.39 bits per heavy atom. The van der Waals surface area contributed by atoms with Gasteiger partial charge in [-0.2, -0.15) is 0 Å². The smallest absolute Gasteiger partial charge is 0.323 e. The maximum atomic E-state index is 11.6. The number of hydrogen-bond donors (Lipinski definition) is 1. The van der Waals surface area contributed by atoms with Crippen LogP contribution < -0.4 is 4.74 Å². The van der Waals surface area contributed by atoms with E-state index in [1.807, 2.05) is 0 Å². The molecule has 1 N–H and O–H groups in total. The van der Waals surface area contributed by atoms with Crippen molar-refractivity contribution in [2.45, 2.75) is 6.92 Å². The zero-order valence-corrected chi connectivity index (χ0v) is 9.75. The van der Waals surface area contributed by atoms with Crippen LogP contribution in [0.3, 0.4) is 0 Å². The molecule has 1 aromatic heterocycles. The predicted molar refractivity (Wildman–Crippen MR) is 59.8 cm³/mol. The van der Waals surface area contributed by atoms with Crippen LogP contribution in [0.15, 0.2) is 10.6 Å². The SMILES string of the molecule is C#CCN(CC(=O)O)C(=O)COc1cc(C)on1. The quantitative estimate of drug-likeness (QED) is 0.711. The van der Waals surface area contributed by atoms with Crippen LogP contribution in [-0.4, -0.2) is 46.7 Å². The fourth-order valence-electron chi connectivity index (χ4n) is 1.14. The fourth-order valence-corrected chi connectivity index (χ4v) is 1.14. The van der Waals surface area contributed by atoms with Crippen molar-refractivity contribution in [2.24, 2.45) is 0 Å². The van der Waals surface area contributed by atoms with E-state index in [1.54, 1.807) is 6.92 Å². The number of rotatable bonds is 6. The average Bonchev–Trinajstić information content (AvgIpc) is 2.71. The molecule has 0 atom stereocenters. The highest BCUT2D eigenvalue weighted by atomic mass is 16.5. The highest BCUT2D eigenvalue weighted by molar-refractivity contribution is 5.82. The number of carbonyl (C=O) groups is 2. The van der Waals surface area contributed by atoms with Gasteiger partial charge in [0, 0.05) is 6.07 Å². The minimum absolute atomic E-state index is 0.0909. The van der Waals surface area contributed by atoms with E-state index in [0.717, 1.165) is 4.90 Å². The van der Waals surface area contributed by atoms with Gasteiger partial charge in [-0.15, -0.1) is 6.42 Å². The molecule has 0 radical (unpaired) electrons. The van der Waals surface area contributed by atoms with Gasteiger partial charge in [0.05, 0.1) is 6.54 Å². The topological polar surface area (TPSA) is 92.9 Å². The molecule has 7 nitrogen and oxygen atoms in total. The summed E-state index contributed by atoms with van der Waals surface area (Å²) >= 11 is 0. The molecule has 0 aliphatic heterocycles. The number of nitrogens with zero attached hydrogens (tertiary/aromatic N) is 2. The van der Waals surface area contributed by atoms with Crippen molar-refractivity contribution in [3.8, 4) is 18.2 Å². The number of aromatic nitrogens is 1. The van der Waals surface area contributed by atoms with Crippen LogP contribution in [0.25, 0.3) is 0 Å². The van der Waals surface area contributed by atoms with E-state index in [2.05, 4.69) is 11.1 Å². The molecule has 0 bridgehead atoms. The Hall–Kier alpha value is -2.49. The lowest BCUT2D eigenvalue weighted by atomic mass is 10.4. The van der Waals surface area contributed by atoms with Crippen molar-refractivity contribution < 1.29 is 24.0 Å². The zero-order chi connectivity index (χ0) is 13.5. The highest BCUT2D eigenvalue weighted by Gasteiger charge is 2.16. The Labute approximate surface area is 103 Å². The van der Waals surface area contributed by atoms with Gasteiger partial charge >= 0.3 is 5.97 Å². The van der Waals surface area contributed by atoms with E-state index >= 15 is 0 Å². The maximum absolute atomic E-state index is 11.6. The molecule has 1 heterocycles. The summed E-state index contributed by atoms with van der Waals surface area (Å²) in [4.78, 5) is 23.2. The van der Waals surface area contributed by atoms with E-state index in [-0.39, 0.29) is 19.0 Å². The number of amides is 1. The number of terminal acetylenes is 1. The third-order valence-electron chi connectivity index (χ3n) is 1.91. The second-order valence-corrected chi connectivity index (χ2v) is 3.41. The molecule has 0 aromatic carbocycles. The summed E-state index contributed by atoms with van der Waals surface area (Å²) in [5.41, 5.74) is 0. The number of hydrogen-bond acceptors (Lipinski definition) is 5. The number of aliphatic carboxylic acids is 1. The molecule has 0 saturated carbocycles. The van der Waals surface area contributed by atoms with Gasteiger partial charge in [-0.25, -0.2) is 0 Å². The molecule has 0 aliphatic carbocycles. The summed E-state index contributed by atoms with van der Waals surface area (Å²) in [5.74, 6) is 1.24. The van der Waals surface area contributed by atoms with Gasteiger partial charge in [-0.3, -0.25) is 9.59 Å².